The molecule has 0 radical (unpaired) electrons. The smallest absolute Gasteiger partial charge is 0.343 e. The molecule has 0 aliphatic heterocycles. The molecule has 0 bridgehead atoms. The van der Waals surface area contributed by atoms with E-state index in [0.29, 0.717) is 12.1 Å². The minimum atomic E-state index is -4.45. The van der Waals surface area contributed by atoms with E-state index in [9.17, 15) is 22.8 Å². The third-order valence-electron chi connectivity index (χ3n) is 4.74. The first kappa shape index (κ1) is 20.9. The van der Waals surface area contributed by atoms with Crippen molar-refractivity contribution in [2.45, 2.75) is 45.5 Å². The normalized spacial score (nSPS) is 13.8. The molecule has 154 valence electrons. The lowest BCUT2D eigenvalue weighted by molar-refractivity contribution is -0.123. The van der Waals surface area contributed by atoms with Crippen LogP contribution in [0.4, 0.5) is 13.2 Å². The molecule has 1 fully saturated rings. The first-order chi connectivity index (χ1) is 13.6. The van der Waals surface area contributed by atoms with Crippen molar-refractivity contribution in [3.63, 3.8) is 0 Å². The molecule has 1 aliphatic carbocycles. The van der Waals surface area contributed by atoms with E-state index in [0.717, 1.165) is 29.5 Å². The molecule has 2 aromatic rings. The fourth-order valence-electron chi connectivity index (χ4n) is 3.26. The molecule has 0 heterocycles. The van der Waals surface area contributed by atoms with Gasteiger partial charge >= 0.3 is 6.18 Å². The fourth-order valence-corrected chi connectivity index (χ4v) is 3.26. The van der Waals surface area contributed by atoms with Crippen LogP contribution in [0.2, 0.25) is 0 Å². The zero-order valence-electron chi connectivity index (χ0n) is 16.3. The van der Waals surface area contributed by atoms with Crippen molar-refractivity contribution in [2.75, 3.05) is 6.54 Å². The van der Waals surface area contributed by atoms with Gasteiger partial charge in [0.05, 0.1) is 0 Å². The summed E-state index contributed by atoms with van der Waals surface area (Å²) in [6, 6.07) is 12.3. The Kier molecular flexibility index (Phi) is 5.96. The Labute approximate surface area is 167 Å². The predicted molar refractivity (Wildman–Crippen MR) is 104 cm³/mol. The fraction of sp³-hybridized carbons (Fsp3) is 0.364. The van der Waals surface area contributed by atoms with Gasteiger partial charge < -0.3 is 10.2 Å². The molecule has 0 atom stereocenters. The number of hydrogen-bond donors (Lipinski definition) is 1. The average Bonchev–Trinajstić information content (AvgIpc) is 3.48. The van der Waals surface area contributed by atoms with Crippen molar-refractivity contribution in [3.05, 3.63) is 70.3 Å². The Hall–Kier alpha value is -2.83. The number of aryl methyl sites for hydroxylation is 2. The van der Waals surface area contributed by atoms with Gasteiger partial charge in [-0.05, 0) is 56.5 Å². The zero-order chi connectivity index (χ0) is 21.2. The van der Waals surface area contributed by atoms with Crippen LogP contribution in [0.5, 0.6) is 0 Å². The van der Waals surface area contributed by atoms with E-state index < -0.39 is 18.6 Å². The van der Waals surface area contributed by atoms with Gasteiger partial charge in [0.15, 0.2) is 0 Å². The third kappa shape index (κ3) is 5.82. The van der Waals surface area contributed by atoms with Gasteiger partial charge in [-0.2, -0.15) is 13.2 Å². The summed E-state index contributed by atoms with van der Waals surface area (Å²) >= 11 is 0. The van der Waals surface area contributed by atoms with Crippen LogP contribution in [0, 0.1) is 13.8 Å². The summed E-state index contributed by atoms with van der Waals surface area (Å²) in [7, 11) is 0. The van der Waals surface area contributed by atoms with Crippen molar-refractivity contribution in [3.8, 4) is 0 Å². The van der Waals surface area contributed by atoms with Gasteiger partial charge in [-0.25, -0.2) is 0 Å². The van der Waals surface area contributed by atoms with E-state index in [1.165, 1.54) is 12.1 Å². The maximum Gasteiger partial charge on any atom is 0.405 e. The number of hydrogen-bond acceptors (Lipinski definition) is 2. The first-order valence-corrected chi connectivity index (χ1v) is 9.45. The molecule has 1 saturated carbocycles. The summed E-state index contributed by atoms with van der Waals surface area (Å²) < 4.78 is 36.7. The predicted octanol–water partition coefficient (Wildman–Crippen LogP) is 4.40. The standard InChI is InChI=1S/C22H23F3N2O2/c1-14-9-15(2)11-18(10-14)21(29)27(19-7-8-19)12-16-3-5-17(6-4-16)20(28)26-13-22(23,24)25/h3-6,9-11,19H,7-8,12-13H2,1-2H3,(H,26,28). The third-order valence-corrected chi connectivity index (χ3v) is 4.74. The molecular formula is C22H23F3N2O2. The van der Waals surface area contributed by atoms with E-state index in [1.807, 2.05) is 42.3 Å². The summed E-state index contributed by atoms with van der Waals surface area (Å²) in [5, 5.41) is 1.85. The van der Waals surface area contributed by atoms with Crippen molar-refractivity contribution in [1.29, 1.82) is 0 Å². The van der Waals surface area contributed by atoms with Gasteiger partial charge in [0.2, 0.25) is 0 Å². The van der Waals surface area contributed by atoms with Crippen molar-refractivity contribution >= 4 is 11.8 Å². The summed E-state index contributed by atoms with van der Waals surface area (Å²) in [5.41, 5.74) is 3.67. The van der Waals surface area contributed by atoms with E-state index in [-0.39, 0.29) is 17.5 Å². The van der Waals surface area contributed by atoms with Crippen LogP contribution in [0.1, 0.15) is 50.2 Å². The van der Waals surface area contributed by atoms with Crippen molar-refractivity contribution in [2.24, 2.45) is 0 Å². The highest BCUT2D eigenvalue weighted by Gasteiger charge is 2.33. The number of carbonyl (C=O) groups is 2. The molecule has 0 unspecified atom stereocenters. The van der Waals surface area contributed by atoms with Crippen LogP contribution >= 0.6 is 0 Å². The molecule has 3 rings (SSSR count). The molecule has 1 aliphatic rings. The highest BCUT2D eigenvalue weighted by atomic mass is 19.4. The topological polar surface area (TPSA) is 49.4 Å². The molecule has 2 amide bonds. The van der Waals surface area contributed by atoms with Gasteiger partial charge in [0.1, 0.15) is 6.54 Å². The molecule has 7 heteroatoms. The lowest BCUT2D eigenvalue weighted by Gasteiger charge is -2.23. The van der Waals surface area contributed by atoms with Gasteiger partial charge in [0.25, 0.3) is 11.8 Å². The number of amides is 2. The number of alkyl halides is 3. The minimum Gasteiger partial charge on any atom is -0.343 e. The second-order valence-electron chi connectivity index (χ2n) is 7.54. The van der Waals surface area contributed by atoms with Crippen LogP contribution < -0.4 is 5.32 Å². The number of benzene rings is 2. The van der Waals surface area contributed by atoms with E-state index in [1.54, 1.807) is 12.1 Å². The Bertz CT molecular complexity index is 883. The van der Waals surface area contributed by atoms with Gasteiger partial charge in [0, 0.05) is 23.7 Å². The van der Waals surface area contributed by atoms with Crippen LogP contribution in [0.25, 0.3) is 0 Å². The lowest BCUT2D eigenvalue weighted by Crippen LogP contribution is -2.34. The Morgan fingerprint density at radius 1 is 1.00 bits per heavy atom. The summed E-state index contributed by atoms with van der Waals surface area (Å²) in [6.07, 6.45) is -2.54. The largest absolute Gasteiger partial charge is 0.405 e. The Morgan fingerprint density at radius 3 is 2.10 bits per heavy atom. The van der Waals surface area contributed by atoms with E-state index in [2.05, 4.69) is 0 Å². The zero-order valence-corrected chi connectivity index (χ0v) is 16.3. The molecule has 4 nitrogen and oxygen atoms in total. The SMILES string of the molecule is Cc1cc(C)cc(C(=O)N(Cc2ccc(C(=O)NCC(F)(F)F)cc2)C2CC2)c1. The van der Waals surface area contributed by atoms with Crippen LogP contribution in [-0.4, -0.2) is 35.5 Å². The molecule has 1 N–H and O–H groups in total. The Morgan fingerprint density at radius 2 is 1.59 bits per heavy atom. The second-order valence-corrected chi connectivity index (χ2v) is 7.54. The number of nitrogens with one attached hydrogen (secondary N) is 1. The summed E-state index contributed by atoms with van der Waals surface area (Å²) in [6.45, 7) is 2.93. The number of nitrogens with zero attached hydrogens (tertiary/aromatic N) is 1. The first-order valence-electron chi connectivity index (χ1n) is 9.45. The molecule has 2 aromatic carbocycles. The summed E-state index contributed by atoms with van der Waals surface area (Å²) in [4.78, 5) is 26.7. The van der Waals surface area contributed by atoms with Crippen molar-refractivity contribution in [1.82, 2.24) is 10.2 Å². The highest BCUT2D eigenvalue weighted by molar-refractivity contribution is 5.95. The van der Waals surface area contributed by atoms with Crippen LogP contribution in [0.15, 0.2) is 42.5 Å². The Balaban J connectivity index is 1.70. The molecule has 0 saturated heterocycles. The maximum absolute atomic E-state index is 13.0. The summed E-state index contributed by atoms with van der Waals surface area (Å²) in [5.74, 6) is -0.814. The molecule has 0 aromatic heterocycles. The van der Waals surface area contributed by atoms with Gasteiger partial charge in [-0.3, -0.25) is 9.59 Å². The minimum absolute atomic E-state index is 0.0358. The second kappa shape index (κ2) is 8.27. The van der Waals surface area contributed by atoms with Gasteiger partial charge in [-0.15, -0.1) is 0 Å². The lowest BCUT2D eigenvalue weighted by atomic mass is 10.1. The number of carbonyl (C=O) groups excluding carboxylic acids is 2. The van der Waals surface area contributed by atoms with E-state index >= 15 is 0 Å². The molecular weight excluding hydrogens is 381 g/mol. The van der Waals surface area contributed by atoms with Gasteiger partial charge in [-0.1, -0.05) is 29.3 Å². The van der Waals surface area contributed by atoms with Crippen LogP contribution in [0.3, 0.4) is 0 Å². The van der Waals surface area contributed by atoms with E-state index in [4.69, 9.17) is 0 Å². The quantitative estimate of drug-likeness (QED) is 0.776. The number of rotatable bonds is 6. The number of halogens is 3. The average molecular weight is 404 g/mol. The monoisotopic (exact) mass is 404 g/mol. The highest BCUT2D eigenvalue weighted by Crippen LogP contribution is 2.30. The molecule has 0 spiro atoms. The maximum atomic E-state index is 13.0. The van der Waals surface area contributed by atoms with Crippen LogP contribution in [-0.2, 0) is 6.54 Å². The van der Waals surface area contributed by atoms with Crippen molar-refractivity contribution < 1.29 is 22.8 Å². The molecule has 29 heavy (non-hydrogen) atoms.